The van der Waals surface area contributed by atoms with Gasteiger partial charge in [-0.05, 0) is 72.7 Å². The van der Waals surface area contributed by atoms with Crippen LogP contribution in [0.25, 0.3) is 5.69 Å². The van der Waals surface area contributed by atoms with Crippen molar-refractivity contribution >= 4 is 11.6 Å². The first kappa shape index (κ1) is 23.0. The number of aryl methyl sites for hydroxylation is 1. The molecule has 1 aliphatic rings. The van der Waals surface area contributed by atoms with Gasteiger partial charge in [0.2, 0.25) is 0 Å². The maximum Gasteiger partial charge on any atom is 0.274 e. The van der Waals surface area contributed by atoms with Gasteiger partial charge in [0.05, 0.1) is 18.0 Å². The number of nitrogens with zero attached hydrogens (tertiary/aromatic N) is 2. The molecule has 0 bridgehead atoms. The van der Waals surface area contributed by atoms with Crippen molar-refractivity contribution in [1.29, 1.82) is 0 Å². The van der Waals surface area contributed by atoms with E-state index in [1.807, 2.05) is 73.7 Å². The number of aromatic nitrogens is 2. The third-order valence-corrected chi connectivity index (χ3v) is 6.20. The number of carbonyl (C=O) groups excluding carboxylic acids is 1. The number of anilines is 1. The minimum absolute atomic E-state index is 0.180. The first-order valence-corrected chi connectivity index (χ1v) is 12.0. The Kier molecular flexibility index (Phi) is 6.75. The Bertz CT molecular complexity index is 1310. The van der Waals surface area contributed by atoms with E-state index in [0.717, 1.165) is 34.7 Å². The minimum atomic E-state index is -0.226. The van der Waals surface area contributed by atoms with Crippen LogP contribution in [-0.2, 0) is 11.3 Å². The van der Waals surface area contributed by atoms with Crippen molar-refractivity contribution in [2.24, 2.45) is 11.7 Å². The smallest absolute Gasteiger partial charge is 0.274 e. The van der Waals surface area contributed by atoms with Gasteiger partial charge in [0.25, 0.3) is 5.91 Å². The number of nitrogens with two attached hydrogens (primary N) is 1. The molecule has 6 nitrogen and oxygen atoms in total. The Morgan fingerprint density at radius 2 is 1.80 bits per heavy atom. The van der Waals surface area contributed by atoms with Gasteiger partial charge in [-0.25, -0.2) is 4.68 Å². The Hall–Kier alpha value is -3.74. The minimum Gasteiger partial charge on any atom is -0.368 e. The number of benzene rings is 3. The molecule has 1 atom stereocenters. The summed E-state index contributed by atoms with van der Waals surface area (Å²) in [6.45, 7) is 3.05. The van der Waals surface area contributed by atoms with E-state index in [4.69, 9.17) is 10.5 Å². The third kappa shape index (κ3) is 5.50. The number of hydrogen-bond acceptors (Lipinski definition) is 4. The van der Waals surface area contributed by atoms with Crippen LogP contribution >= 0.6 is 0 Å². The molecule has 1 amide bonds. The van der Waals surface area contributed by atoms with Crippen LogP contribution in [0.4, 0.5) is 5.69 Å². The molecule has 1 unspecified atom stereocenters. The van der Waals surface area contributed by atoms with Crippen LogP contribution in [0.15, 0.2) is 84.9 Å². The van der Waals surface area contributed by atoms with Crippen molar-refractivity contribution in [1.82, 2.24) is 9.78 Å². The van der Waals surface area contributed by atoms with Crippen molar-refractivity contribution in [3.63, 3.8) is 0 Å². The standard InChI is InChI=1S/C29H30N4O2/c1-20-15-27(33(32-20)26-12-5-7-22(16-26)18-30)29(34)31-25-11-6-10-24(17-25)28(35-19-21-13-14-21)23-8-3-2-4-9-23/h2-12,15-17,21,28H,13-14,18-19,30H2,1H3,(H,31,34). The average Bonchev–Trinajstić information content (AvgIpc) is 3.63. The Morgan fingerprint density at radius 3 is 2.57 bits per heavy atom. The summed E-state index contributed by atoms with van der Waals surface area (Å²) < 4.78 is 8.01. The van der Waals surface area contributed by atoms with Crippen LogP contribution in [-0.4, -0.2) is 22.3 Å². The van der Waals surface area contributed by atoms with Crippen LogP contribution in [0.2, 0.25) is 0 Å². The second-order valence-corrected chi connectivity index (χ2v) is 9.10. The van der Waals surface area contributed by atoms with Crippen LogP contribution in [0.3, 0.4) is 0 Å². The molecular formula is C29H30N4O2. The van der Waals surface area contributed by atoms with Crippen LogP contribution in [0.5, 0.6) is 0 Å². The fourth-order valence-corrected chi connectivity index (χ4v) is 4.18. The maximum atomic E-state index is 13.3. The molecule has 1 heterocycles. The lowest BCUT2D eigenvalue weighted by Gasteiger charge is -2.20. The van der Waals surface area contributed by atoms with E-state index in [1.54, 1.807) is 10.7 Å². The SMILES string of the molecule is Cc1cc(C(=O)Nc2cccc(C(OCC3CC3)c3ccccc3)c2)n(-c2cccc(CN)c2)n1. The summed E-state index contributed by atoms with van der Waals surface area (Å²) in [6, 6.07) is 27.7. The van der Waals surface area contributed by atoms with Gasteiger partial charge in [-0.2, -0.15) is 5.10 Å². The first-order chi connectivity index (χ1) is 17.1. The van der Waals surface area contributed by atoms with E-state index >= 15 is 0 Å². The maximum absolute atomic E-state index is 13.3. The average molecular weight is 467 g/mol. The number of ether oxygens (including phenoxy) is 1. The monoisotopic (exact) mass is 466 g/mol. The number of amides is 1. The fourth-order valence-electron chi connectivity index (χ4n) is 4.18. The van der Waals surface area contributed by atoms with Gasteiger partial charge in [0, 0.05) is 12.2 Å². The number of hydrogen-bond donors (Lipinski definition) is 2. The zero-order chi connectivity index (χ0) is 24.2. The predicted molar refractivity (Wildman–Crippen MR) is 138 cm³/mol. The van der Waals surface area contributed by atoms with E-state index in [1.165, 1.54) is 12.8 Å². The molecule has 1 aliphatic carbocycles. The summed E-state index contributed by atoms with van der Waals surface area (Å²) in [5.41, 5.74) is 11.6. The highest BCUT2D eigenvalue weighted by Gasteiger charge is 2.25. The topological polar surface area (TPSA) is 82.2 Å². The van der Waals surface area contributed by atoms with E-state index in [-0.39, 0.29) is 12.0 Å². The lowest BCUT2D eigenvalue weighted by Crippen LogP contribution is -2.17. The molecule has 5 rings (SSSR count). The van der Waals surface area contributed by atoms with Crippen molar-refractivity contribution < 1.29 is 9.53 Å². The lowest BCUT2D eigenvalue weighted by molar-refractivity contribution is 0.0718. The Labute approximate surface area is 205 Å². The Balaban J connectivity index is 1.40. The van der Waals surface area contributed by atoms with Crippen LogP contribution in [0.1, 0.15) is 51.8 Å². The summed E-state index contributed by atoms with van der Waals surface area (Å²) in [7, 11) is 0. The van der Waals surface area contributed by atoms with Gasteiger partial charge in [0.1, 0.15) is 11.8 Å². The summed E-state index contributed by atoms with van der Waals surface area (Å²) in [4.78, 5) is 13.3. The molecule has 0 aliphatic heterocycles. The molecule has 1 fully saturated rings. The molecule has 0 spiro atoms. The van der Waals surface area contributed by atoms with Crippen molar-refractivity contribution in [3.05, 3.63) is 113 Å². The highest BCUT2D eigenvalue weighted by molar-refractivity contribution is 6.03. The molecule has 0 radical (unpaired) electrons. The molecule has 3 N–H and O–H groups in total. The summed E-state index contributed by atoms with van der Waals surface area (Å²) >= 11 is 0. The molecule has 35 heavy (non-hydrogen) atoms. The fraction of sp³-hybridized carbons (Fsp3) is 0.241. The van der Waals surface area contributed by atoms with E-state index in [2.05, 4.69) is 22.5 Å². The second kappa shape index (κ2) is 10.3. The van der Waals surface area contributed by atoms with Crippen molar-refractivity contribution in [2.45, 2.75) is 32.4 Å². The molecule has 4 aromatic rings. The normalized spacial score (nSPS) is 14.0. The molecule has 6 heteroatoms. The number of carbonyl (C=O) groups is 1. The van der Waals surface area contributed by atoms with Crippen molar-refractivity contribution in [3.8, 4) is 5.69 Å². The second-order valence-electron chi connectivity index (χ2n) is 9.10. The van der Waals surface area contributed by atoms with Gasteiger partial charge in [0.15, 0.2) is 0 Å². The van der Waals surface area contributed by atoms with Crippen molar-refractivity contribution in [2.75, 3.05) is 11.9 Å². The van der Waals surface area contributed by atoms with Crippen LogP contribution < -0.4 is 11.1 Å². The van der Waals surface area contributed by atoms with Gasteiger partial charge in [-0.15, -0.1) is 0 Å². The number of rotatable bonds is 9. The lowest BCUT2D eigenvalue weighted by atomic mass is 10.0. The molecule has 1 saturated carbocycles. The predicted octanol–water partition coefficient (Wildman–Crippen LogP) is 5.41. The van der Waals surface area contributed by atoms with Gasteiger partial charge in [-0.3, -0.25) is 4.79 Å². The van der Waals surface area contributed by atoms with E-state index in [0.29, 0.717) is 23.8 Å². The van der Waals surface area contributed by atoms with E-state index < -0.39 is 0 Å². The molecule has 1 aromatic heterocycles. The third-order valence-electron chi connectivity index (χ3n) is 6.20. The Morgan fingerprint density at radius 1 is 1.03 bits per heavy atom. The summed E-state index contributed by atoms with van der Waals surface area (Å²) in [5.74, 6) is 0.432. The zero-order valence-corrected chi connectivity index (χ0v) is 19.9. The highest BCUT2D eigenvalue weighted by atomic mass is 16.5. The van der Waals surface area contributed by atoms with Gasteiger partial charge >= 0.3 is 0 Å². The van der Waals surface area contributed by atoms with Gasteiger partial charge in [-0.1, -0.05) is 54.6 Å². The number of nitrogens with one attached hydrogen (secondary N) is 1. The molecular weight excluding hydrogens is 436 g/mol. The van der Waals surface area contributed by atoms with E-state index in [9.17, 15) is 4.79 Å². The highest BCUT2D eigenvalue weighted by Crippen LogP contribution is 2.34. The summed E-state index contributed by atoms with van der Waals surface area (Å²) in [6.07, 6.45) is 2.29. The molecule has 0 saturated heterocycles. The zero-order valence-electron chi connectivity index (χ0n) is 19.9. The quantitative estimate of drug-likeness (QED) is 0.346. The largest absolute Gasteiger partial charge is 0.368 e. The molecule has 3 aromatic carbocycles. The van der Waals surface area contributed by atoms with Gasteiger partial charge < -0.3 is 15.8 Å². The summed E-state index contributed by atoms with van der Waals surface area (Å²) in [5, 5.41) is 7.60. The first-order valence-electron chi connectivity index (χ1n) is 12.0. The van der Waals surface area contributed by atoms with Crippen LogP contribution in [0, 0.1) is 12.8 Å². The molecule has 178 valence electrons.